The summed E-state index contributed by atoms with van der Waals surface area (Å²) in [5.74, 6) is 0.480. The van der Waals surface area contributed by atoms with Crippen LogP contribution in [0.4, 0.5) is 30.6 Å². The summed E-state index contributed by atoms with van der Waals surface area (Å²) in [4.78, 5) is 4.10. The number of alkyl halides is 3. The van der Waals surface area contributed by atoms with Crippen molar-refractivity contribution in [1.82, 2.24) is 15.2 Å². The van der Waals surface area contributed by atoms with Gasteiger partial charge in [-0.1, -0.05) is 25.5 Å². The average molecular weight is 311 g/mol. The minimum absolute atomic E-state index is 0.0741. The Morgan fingerprint density at radius 2 is 1.95 bits per heavy atom. The van der Waals surface area contributed by atoms with Crippen LogP contribution >= 0.6 is 0 Å². The molecule has 8 heteroatoms. The lowest BCUT2D eigenvalue weighted by Crippen LogP contribution is -2.10. The van der Waals surface area contributed by atoms with Crippen LogP contribution in [0.3, 0.4) is 0 Å². The van der Waals surface area contributed by atoms with Gasteiger partial charge in [-0.15, -0.1) is 5.10 Å². The SMILES string of the molecule is CCCCNc1nncc(Nc2ccccc2C(F)(F)F)n1. The van der Waals surface area contributed by atoms with E-state index in [0.717, 1.165) is 18.9 Å². The first-order valence-electron chi connectivity index (χ1n) is 6.87. The number of unbranched alkanes of at least 4 members (excludes halogenated alkanes) is 1. The van der Waals surface area contributed by atoms with Crippen molar-refractivity contribution in [3.63, 3.8) is 0 Å². The van der Waals surface area contributed by atoms with E-state index >= 15 is 0 Å². The van der Waals surface area contributed by atoms with Crippen molar-refractivity contribution in [2.75, 3.05) is 17.2 Å². The lowest BCUT2D eigenvalue weighted by atomic mass is 10.1. The molecule has 0 radical (unpaired) electrons. The third-order valence-corrected chi connectivity index (χ3v) is 2.87. The van der Waals surface area contributed by atoms with Gasteiger partial charge in [-0.2, -0.15) is 23.3 Å². The highest BCUT2D eigenvalue weighted by atomic mass is 19.4. The third-order valence-electron chi connectivity index (χ3n) is 2.87. The summed E-state index contributed by atoms with van der Waals surface area (Å²) >= 11 is 0. The molecule has 22 heavy (non-hydrogen) atoms. The molecule has 0 unspecified atom stereocenters. The minimum Gasteiger partial charge on any atom is -0.353 e. The molecule has 0 aliphatic heterocycles. The molecule has 0 saturated heterocycles. The number of nitrogens with zero attached hydrogens (tertiary/aromatic N) is 3. The number of hydrogen-bond donors (Lipinski definition) is 2. The van der Waals surface area contributed by atoms with Crippen LogP contribution in [0, 0.1) is 0 Å². The molecule has 0 aliphatic rings. The normalized spacial score (nSPS) is 11.3. The maximum absolute atomic E-state index is 12.9. The van der Waals surface area contributed by atoms with Crippen LogP contribution < -0.4 is 10.6 Å². The van der Waals surface area contributed by atoms with Gasteiger partial charge < -0.3 is 10.6 Å². The standard InChI is InChI=1S/C14H16F3N5/c1-2-3-8-18-13-21-12(9-19-22-13)20-11-7-5-4-6-10(11)14(15,16)17/h4-7,9H,2-3,8H2,1H3,(H2,18,20,21,22). The van der Waals surface area contributed by atoms with Crippen LogP contribution in [0.1, 0.15) is 25.3 Å². The third kappa shape index (κ3) is 4.31. The minimum atomic E-state index is -4.44. The summed E-state index contributed by atoms with van der Waals surface area (Å²) in [5, 5.41) is 13.1. The molecular formula is C14H16F3N5. The number of aromatic nitrogens is 3. The predicted octanol–water partition coefficient (Wildman–Crippen LogP) is 3.85. The van der Waals surface area contributed by atoms with Crippen molar-refractivity contribution in [1.29, 1.82) is 0 Å². The van der Waals surface area contributed by atoms with E-state index < -0.39 is 11.7 Å². The van der Waals surface area contributed by atoms with Crippen LogP contribution in [-0.2, 0) is 6.18 Å². The quantitative estimate of drug-likeness (QED) is 0.794. The van der Waals surface area contributed by atoms with E-state index in [4.69, 9.17) is 0 Å². The second-order valence-corrected chi connectivity index (χ2v) is 4.61. The first-order chi connectivity index (χ1) is 10.5. The zero-order chi connectivity index (χ0) is 16.0. The topological polar surface area (TPSA) is 62.7 Å². The number of anilines is 3. The van der Waals surface area contributed by atoms with Gasteiger partial charge in [-0.25, -0.2) is 0 Å². The van der Waals surface area contributed by atoms with E-state index in [-0.39, 0.29) is 17.5 Å². The zero-order valence-electron chi connectivity index (χ0n) is 12.0. The molecule has 2 N–H and O–H groups in total. The van der Waals surface area contributed by atoms with E-state index in [0.29, 0.717) is 6.54 Å². The highest BCUT2D eigenvalue weighted by Gasteiger charge is 2.33. The number of rotatable bonds is 6. The second-order valence-electron chi connectivity index (χ2n) is 4.61. The molecular weight excluding hydrogens is 295 g/mol. The van der Waals surface area contributed by atoms with Crippen LogP contribution in [0.25, 0.3) is 0 Å². The number of benzene rings is 1. The van der Waals surface area contributed by atoms with Crippen molar-refractivity contribution < 1.29 is 13.2 Å². The summed E-state index contributed by atoms with van der Waals surface area (Å²) in [6, 6.07) is 5.21. The van der Waals surface area contributed by atoms with Gasteiger partial charge in [0.25, 0.3) is 0 Å². The maximum Gasteiger partial charge on any atom is 0.418 e. The fourth-order valence-corrected chi connectivity index (χ4v) is 1.79. The molecule has 5 nitrogen and oxygen atoms in total. The molecule has 0 saturated carbocycles. The van der Waals surface area contributed by atoms with E-state index in [2.05, 4.69) is 25.8 Å². The second kappa shape index (κ2) is 7.06. The highest BCUT2D eigenvalue weighted by molar-refractivity contribution is 5.61. The Labute approximate surface area is 126 Å². The Bertz CT molecular complexity index is 615. The van der Waals surface area contributed by atoms with E-state index in [1.54, 1.807) is 0 Å². The number of nitrogens with one attached hydrogen (secondary N) is 2. The van der Waals surface area contributed by atoms with Gasteiger partial charge in [0, 0.05) is 6.54 Å². The Morgan fingerprint density at radius 3 is 2.68 bits per heavy atom. The van der Waals surface area contributed by atoms with Crippen LogP contribution in [0.5, 0.6) is 0 Å². The summed E-state index contributed by atoms with van der Waals surface area (Å²) in [7, 11) is 0. The molecule has 0 fully saturated rings. The van der Waals surface area contributed by atoms with Crippen molar-refractivity contribution >= 4 is 17.5 Å². The molecule has 2 aromatic rings. The van der Waals surface area contributed by atoms with Crippen molar-refractivity contribution in [2.45, 2.75) is 25.9 Å². The molecule has 1 aromatic carbocycles. The van der Waals surface area contributed by atoms with Gasteiger partial charge in [0.05, 0.1) is 17.4 Å². The maximum atomic E-state index is 12.9. The summed E-state index contributed by atoms with van der Waals surface area (Å²) in [6.07, 6.45) is -1.21. The van der Waals surface area contributed by atoms with Crippen LogP contribution in [0.15, 0.2) is 30.5 Å². The van der Waals surface area contributed by atoms with Crippen molar-refractivity contribution in [3.8, 4) is 0 Å². The van der Waals surface area contributed by atoms with Gasteiger partial charge >= 0.3 is 6.18 Å². The molecule has 0 amide bonds. The Morgan fingerprint density at radius 1 is 1.18 bits per heavy atom. The molecule has 0 aliphatic carbocycles. The molecule has 118 valence electrons. The van der Waals surface area contributed by atoms with Gasteiger partial charge in [-0.3, -0.25) is 0 Å². The highest BCUT2D eigenvalue weighted by Crippen LogP contribution is 2.35. The number of hydrogen-bond acceptors (Lipinski definition) is 5. The first-order valence-corrected chi connectivity index (χ1v) is 6.87. The Balaban J connectivity index is 2.16. The molecule has 1 aromatic heterocycles. The average Bonchev–Trinajstić information content (AvgIpc) is 2.47. The van der Waals surface area contributed by atoms with E-state index in [1.807, 2.05) is 6.92 Å². The van der Waals surface area contributed by atoms with Gasteiger partial charge in [0.2, 0.25) is 5.95 Å². The van der Waals surface area contributed by atoms with E-state index in [1.165, 1.54) is 24.4 Å². The van der Waals surface area contributed by atoms with Crippen molar-refractivity contribution in [2.24, 2.45) is 0 Å². The lowest BCUT2D eigenvalue weighted by Gasteiger charge is -2.13. The smallest absolute Gasteiger partial charge is 0.353 e. The zero-order valence-corrected chi connectivity index (χ0v) is 12.0. The monoisotopic (exact) mass is 311 g/mol. The lowest BCUT2D eigenvalue weighted by molar-refractivity contribution is -0.136. The molecule has 1 heterocycles. The fourth-order valence-electron chi connectivity index (χ4n) is 1.79. The van der Waals surface area contributed by atoms with E-state index in [9.17, 15) is 13.2 Å². The summed E-state index contributed by atoms with van der Waals surface area (Å²) < 4.78 is 38.8. The van der Waals surface area contributed by atoms with Gasteiger partial charge in [-0.05, 0) is 18.6 Å². The molecule has 0 spiro atoms. The fraction of sp³-hybridized carbons (Fsp3) is 0.357. The molecule has 0 atom stereocenters. The Kier molecular flexibility index (Phi) is 5.13. The van der Waals surface area contributed by atoms with Gasteiger partial charge in [0.1, 0.15) is 0 Å². The molecule has 2 rings (SSSR count). The van der Waals surface area contributed by atoms with Gasteiger partial charge in [0.15, 0.2) is 5.82 Å². The summed E-state index contributed by atoms with van der Waals surface area (Å²) in [6.45, 7) is 2.73. The summed E-state index contributed by atoms with van der Waals surface area (Å²) in [5.41, 5.74) is -0.830. The number of para-hydroxylation sites is 1. The first kappa shape index (κ1) is 16.0. The Hall–Kier alpha value is -2.38. The number of halogens is 3. The predicted molar refractivity (Wildman–Crippen MR) is 78.0 cm³/mol. The molecule has 0 bridgehead atoms. The van der Waals surface area contributed by atoms with Crippen LogP contribution in [-0.4, -0.2) is 21.7 Å². The largest absolute Gasteiger partial charge is 0.418 e. The van der Waals surface area contributed by atoms with Crippen LogP contribution in [0.2, 0.25) is 0 Å². The van der Waals surface area contributed by atoms with Crippen molar-refractivity contribution in [3.05, 3.63) is 36.0 Å².